The molecule has 4 nitrogen and oxygen atoms in total. The molecule has 0 saturated heterocycles. The molecule has 0 aliphatic rings. The van der Waals surface area contributed by atoms with E-state index in [2.05, 4.69) is 208 Å². The van der Waals surface area contributed by atoms with Crippen LogP contribution in [0.4, 0.5) is 21.5 Å². The second-order valence-corrected chi connectivity index (χ2v) is 17.5. The van der Waals surface area contributed by atoms with Crippen molar-refractivity contribution in [1.82, 2.24) is 9.13 Å². The molecule has 0 unspecified atom stereocenters. The molecule has 0 bridgehead atoms. The number of nitrogens with zero attached hydrogens (tertiary/aromatic N) is 3. The van der Waals surface area contributed by atoms with E-state index >= 15 is 0 Å². The van der Waals surface area contributed by atoms with Crippen molar-refractivity contribution < 1.29 is 8.81 Å². The van der Waals surface area contributed by atoms with Gasteiger partial charge in [0.1, 0.15) is 17.0 Å². The lowest BCUT2D eigenvalue weighted by Gasteiger charge is -2.26. The largest absolute Gasteiger partial charge is 0.455 e. The molecule has 314 valence electrons. The molecule has 3 aromatic heterocycles. The van der Waals surface area contributed by atoms with Gasteiger partial charge in [-0.1, -0.05) is 115 Å². The van der Waals surface area contributed by atoms with E-state index in [0.717, 1.165) is 94.3 Å². The van der Waals surface area contributed by atoms with Crippen molar-refractivity contribution in [2.75, 3.05) is 4.90 Å². The Balaban J connectivity index is 0.919. The van der Waals surface area contributed by atoms with Crippen molar-refractivity contribution in [2.45, 2.75) is 0 Å². The maximum Gasteiger partial charge on any atom is 0.143 e. The predicted octanol–water partition coefficient (Wildman–Crippen LogP) is 17.4. The summed E-state index contributed by atoms with van der Waals surface area (Å²) in [5, 5.41) is 11.6. The third kappa shape index (κ3) is 5.85. The number of halogens is 1. The first-order valence-electron chi connectivity index (χ1n) is 22.7. The Labute approximate surface area is 384 Å². The molecule has 11 aromatic carbocycles. The van der Waals surface area contributed by atoms with Crippen LogP contribution in [0.5, 0.6) is 0 Å². The minimum absolute atomic E-state index is 0.273. The normalized spacial score (nSPS) is 12.0. The Kier molecular flexibility index (Phi) is 8.13. The Morgan fingerprint density at radius 1 is 0.328 bits per heavy atom. The molecule has 3 heterocycles. The van der Waals surface area contributed by atoms with E-state index < -0.39 is 0 Å². The van der Waals surface area contributed by atoms with Gasteiger partial charge in [0, 0.05) is 66.1 Å². The first-order valence-corrected chi connectivity index (χ1v) is 22.7. The summed E-state index contributed by atoms with van der Waals surface area (Å²) >= 11 is 0. The summed E-state index contributed by atoms with van der Waals surface area (Å²) in [5.74, 6) is -0.273. The molecule has 67 heavy (non-hydrogen) atoms. The molecular weight excluding hydrogens is 822 g/mol. The van der Waals surface area contributed by atoms with Crippen LogP contribution in [0.2, 0.25) is 0 Å². The van der Waals surface area contributed by atoms with E-state index in [1.807, 2.05) is 24.3 Å². The third-order valence-corrected chi connectivity index (χ3v) is 13.7. The fourth-order valence-corrected chi connectivity index (χ4v) is 10.6. The molecule has 0 aliphatic carbocycles. The first kappa shape index (κ1) is 37.4. The van der Waals surface area contributed by atoms with Crippen molar-refractivity contribution in [3.8, 4) is 22.5 Å². The SMILES string of the molecule is Fc1ccc(N(c2ccc(-c3ccc4c5cc6ccc7c8ccccc8oc7c6cc5n(-c5ccccc5)c4c3)cc2)c2ccc3c4cc5ccccc5cc4n(-c4ccccc4)c3c2)cc1. The highest BCUT2D eigenvalue weighted by Gasteiger charge is 2.21. The Morgan fingerprint density at radius 2 is 0.851 bits per heavy atom. The van der Waals surface area contributed by atoms with Crippen molar-refractivity contribution in [1.29, 1.82) is 0 Å². The number of fused-ring (bicyclic) bond motifs is 12. The Bertz CT molecular complexity index is 4260. The first-order chi connectivity index (χ1) is 33.1. The van der Waals surface area contributed by atoms with Crippen molar-refractivity contribution >= 4 is 104 Å². The zero-order valence-electron chi connectivity index (χ0n) is 36.1. The van der Waals surface area contributed by atoms with Crippen LogP contribution in [0.15, 0.2) is 235 Å². The third-order valence-electron chi connectivity index (χ3n) is 13.7. The van der Waals surface area contributed by atoms with Crippen molar-refractivity contribution in [3.63, 3.8) is 0 Å². The highest BCUT2D eigenvalue weighted by atomic mass is 19.1. The van der Waals surface area contributed by atoms with Crippen molar-refractivity contribution in [2.24, 2.45) is 0 Å². The van der Waals surface area contributed by atoms with E-state index in [9.17, 15) is 4.39 Å². The van der Waals surface area contributed by atoms with E-state index in [0.29, 0.717) is 0 Å². The lowest BCUT2D eigenvalue weighted by Crippen LogP contribution is -2.10. The summed E-state index contributed by atoms with van der Waals surface area (Å²) in [6.07, 6.45) is 0. The van der Waals surface area contributed by atoms with Crippen LogP contribution in [-0.2, 0) is 0 Å². The number of hydrogen-bond acceptors (Lipinski definition) is 2. The predicted molar refractivity (Wildman–Crippen MR) is 277 cm³/mol. The van der Waals surface area contributed by atoms with E-state index in [1.165, 1.54) is 44.5 Å². The molecule has 0 aliphatic heterocycles. The molecule has 5 heteroatoms. The van der Waals surface area contributed by atoms with Crippen LogP contribution >= 0.6 is 0 Å². The van der Waals surface area contributed by atoms with Crippen LogP contribution < -0.4 is 4.90 Å². The number of aromatic nitrogens is 2. The van der Waals surface area contributed by atoms with Gasteiger partial charge in [-0.05, 0) is 143 Å². The molecule has 0 N–H and O–H groups in total. The fourth-order valence-electron chi connectivity index (χ4n) is 10.6. The van der Waals surface area contributed by atoms with E-state index in [1.54, 1.807) is 0 Å². The Hall–Kier alpha value is -8.93. The van der Waals surface area contributed by atoms with E-state index in [-0.39, 0.29) is 5.82 Å². The van der Waals surface area contributed by atoms with Gasteiger partial charge in [-0.3, -0.25) is 0 Å². The van der Waals surface area contributed by atoms with Gasteiger partial charge in [0.15, 0.2) is 0 Å². The number of anilines is 3. The minimum atomic E-state index is -0.273. The quantitative estimate of drug-likeness (QED) is 0.166. The summed E-state index contributed by atoms with van der Waals surface area (Å²) in [6.45, 7) is 0. The van der Waals surface area contributed by atoms with Gasteiger partial charge in [-0.2, -0.15) is 0 Å². The number of para-hydroxylation sites is 3. The van der Waals surface area contributed by atoms with Crippen LogP contribution in [0, 0.1) is 5.82 Å². The lowest BCUT2D eigenvalue weighted by atomic mass is 10.0. The highest BCUT2D eigenvalue weighted by molar-refractivity contribution is 6.21. The molecule has 0 spiro atoms. The zero-order chi connectivity index (χ0) is 44.2. The average molecular weight is 860 g/mol. The maximum absolute atomic E-state index is 14.5. The van der Waals surface area contributed by atoms with Crippen LogP contribution in [-0.4, -0.2) is 9.13 Å². The number of rotatable bonds is 6. The van der Waals surface area contributed by atoms with Gasteiger partial charge in [-0.15, -0.1) is 0 Å². The molecule has 0 radical (unpaired) electrons. The van der Waals surface area contributed by atoms with Crippen LogP contribution in [0.25, 0.3) is 110 Å². The second-order valence-electron chi connectivity index (χ2n) is 17.5. The minimum Gasteiger partial charge on any atom is -0.455 e. The topological polar surface area (TPSA) is 26.2 Å². The molecule has 14 rings (SSSR count). The van der Waals surface area contributed by atoms with Gasteiger partial charge in [0.05, 0.1) is 22.1 Å². The van der Waals surface area contributed by atoms with E-state index in [4.69, 9.17) is 4.42 Å². The summed E-state index contributed by atoms with van der Waals surface area (Å²) in [4.78, 5) is 2.21. The molecule has 0 amide bonds. The maximum atomic E-state index is 14.5. The lowest BCUT2D eigenvalue weighted by molar-refractivity contribution is 0.628. The molecule has 0 fully saturated rings. The summed E-state index contributed by atoms with van der Waals surface area (Å²) in [5.41, 5.74) is 13.5. The second kappa shape index (κ2) is 14.5. The number of benzene rings is 11. The summed E-state index contributed by atoms with van der Waals surface area (Å²) in [6, 6.07) is 80.6. The van der Waals surface area contributed by atoms with Gasteiger partial charge in [-0.25, -0.2) is 4.39 Å². The highest BCUT2D eigenvalue weighted by Crippen LogP contribution is 2.43. The molecular formula is C62H38FN3O. The van der Waals surface area contributed by atoms with Gasteiger partial charge in [0.2, 0.25) is 0 Å². The Morgan fingerprint density at radius 3 is 1.57 bits per heavy atom. The van der Waals surface area contributed by atoms with Crippen LogP contribution in [0.1, 0.15) is 0 Å². The van der Waals surface area contributed by atoms with Crippen LogP contribution in [0.3, 0.4) is 0 Å². The standard InChI is InChI=1S/C62H38FN3O/c63-44-23-27-48(28-24-44)64(49-29-32-51-55-33-40-11-7-8-12-41(40)35-58(55)66(59(51)37-49)46-15-5-2-6-16-46)47-25-19-39(20-26-47)42-21-30-50-56-34-43-22-31-53-52-17-9-10-18-61(52)67-62(53)54(43)38-60(56)65(57(50)36-42)45-13-3-1-4-14-45/h1-38H. The average Bonchev–Trinajstić information content (AvgIpc) is 4.03. The fraction of sp³-hybridized carbons (Fsp3) is 0. The number of furan rings is 1. The molecule has 14 aromatic rings. The molecule has 0 atom stereocenters. The van der Waals surface area contributed by atoms with Gasteiger partial charge in [0.25, 0.3) is 0 Å². The zero-order valence-corrected chi connectivity index (χ0v) is 36.1. The molecule has 0 saturated carbocycles. The van der Waals surface area contributed by atoms with Gasteiger partial charge >= 0.3 is 0 Å². The monoisotopic (exact) mass is 859 g/mol. The number of hydrogen-bond donors (Lipinski definition) is 0. The smallest absolute Gasteiger partial charge is 0.143 e. The summed E-state index contributed by atoms with van der Waals surface area (Å²) < 4.78 is 25.8. The van der Waals surface area contributed by atoms with Crippen molar-refractivity contribution in [3.05, 3.63) is 236 Å². The van der Waals surface area contributed by atoms with Gasteiger partial charge < -0.3 is 18.5 Å². The summed E-state index contributed by atoms with van der Waals surface area (Å²) in [7, 11) is 0.